The Bertz CT molecular complexity index is 887. The smallest absolute Gasteiger partial charge is 0.252 e. The van der Waals surface area contributed by atoms with Gasteiger partial charge in [-0.3, -0.25) is 4.79 Å². The van der Waals surface area contributed by atoms with Crippen molar-refractivity contribution in [3.8, 4) is 11.5 Å². The van der Waals surface area contributed by atoms with E-state index in [9.17, 15) is 4.79 Å². The van der Waals surface area contributed by atoms with Crippen molar-refractivity contribution in [2.24, 2.45) is 0 Å². The Morgan fingerprint density at radius 2 is 1.89 bits per heavy atom. The lowest BCUT2D eigenvalue weighted by molar-refractivity contribution is 0.0929. The van der Waals surface area contributed by atoms with Crippen molar-refractivity contribution < 1.29 is 14.3 Å². The number of benzene rings is 2. The van der Waals surface area contributed by atoms with Crippen LogP contribution in [0.3, 0.4) is 0 Å². The summed E-state index contributed by atoms with van der Waals surface area (Å²) in [7, 11) is 3.30. The molecule has 142 valence electrons. The second kappa shape index (κ2) is 6.80. The van der Waals surface area contributed by atoms with E-state index in [1.807, 2.05) is 25.1 Å². The Kier molecular flexibility index (Phi) is 4.46. The maximum Gasteiger partial charge on any atom is 0.252 e. The summed E-state index contributed by atoms with van der Waals surface area (Å²) >= 11 is 0. The van der Waals surface area contributed by atoms with E-state index in [-0.39, 0.29) is 11.4 Å². The normalized spacial score (nSPS) is 16.7. The molecule has 0 radical (unpaired) electrons. The molecule has 2 aliphatic rings. The Labute approximate surface area is 160 Å². The van der Waals surface area contributed by atoms with E-state index in [4.69, 9.17) is 9.47 Å². The van der Waals surface area contributed by atoms with Crippen LogP contribution in [0.1, 0.15) is 46.3 Å². The van der Waals surface area contributed by atoms with Crippen LogP contribution >= 0.6 is 0 Å². The van der Waals surface area contributed by atoms with Crippen molar-refractivity contribution in [1.29, 1.82) is 0 Å². The van der Waals surface area contributed by atoms with Gasteiger partial charge in [0.1, 0.15) is 11.5 Å². The second-order valence-corrected chi connectivity index (χ2v) is 7.45. The maximum atomic E-state index is 13.1. The Hall–Kier alpha value is -2.69. The third-order valence-corrected chi connectivity index (χ3v) is 5.69. The largest absolute Gasteiger partial charge is 0.497 e. The average Bonchev–Trinajstić information content (AvgIpc) is 3.47. The summed E-state index contributed by atoms with van der Waals surface area (Å²) in [6.07, 6.45) is 4.02. The third kappa shape index (κ3) is 3.22. The van der Waals surface area contributed by atoms with Crippen molar-refractivity contribution in [2.75, 3.05) is 26.1 Å². The first-order valence-corrected chi connectivity index (χ1v) is 9.49. The van der Waals surface area contributed by atoms with Crippen LogP contribution in [-0.4, -0.2) is 26.7 Å². The second-order valence-electron chi connectivity index (χ2n) is 7.45. The highest BCUT2D eigenvalue weighted by Crippen LogP contribution is 2.50. The van der Waals surface area contributed by atoms with Crippen molar-refractivity contribution in [2.45, 2.75) is 38.1 Å². The van der Waals surface area contributed by atoms with Crippen LogP contribution in [0.15, 0.2) is 30.3 Å². The first-order chi connectivity index (χ1) is 13.1. The molecule has 27 heavy (non-hydrogen) atoms. The number of ether oxygens (including phenoxy) is 2. The number of aryl methyl sites for hydroxylation is 1. The van der Waals surface area contributed by atoms with Crippen LogP contribution in [0.2, 0.25) is 0 Å². The number of hydrogen-bond donors (Lipinski definition) is 2. The number of rotatable bonds is 5. The van der Waals surface area contributed by atoms with E-state index in [0.717, 1.165) is 49.2 Å². The number of methoxy groups -OCH3 is 2. The molecular weight excluding hydrogens is 340 g/mol. The number of fused-ring (bicyclic) bond motifs is 1. The van der Waals surface area contributed by atoms with Gasteiger partial charge >= 0.3 is 0 Å². The molecule has 2 N–H and O–H groups in total. The SMILES string of the molecule is COc1ccc(C)c(C(=O)NC2(c3cc(OC)cc4c3CCCN4)CC2)c1. The summed E-state index contributed by atoms with van der Waals surface area (Å²) in [5, 5.41) is 6.79. The molecule has 0 aromatic heterocycles. The summed E-state index contributed by atoms with van der Waals surface area (Å²) in [5.41, 5.74) is 4.94. The van der Waals surface area contributed by atoms with E-state index >= 15 is 0 Å². The average molecular weight is 366 g/mol. The predicted molar refractivity (Wildman–Crippen MR) is 106 cm³/mol. The Morgan fingerprint density at radius 3 is 2.59 bits per heavy atom. The van der Waals surface area contributed by atoms with Crippen molar-refractivity contribution in [1.82, 2.24) is 5.32 Å². The Morgan fingerprint density at radius 1 is 1.11 bits per heavy atom. The third-order valence-electron chi connectivity index (χ3n) is 5.69. The molecule has 4 rings (SSSR count). The molecule has 0 atom stereocenters. The number of carbonyl (C=O) groups is 1. The fourth-order valence-corrected chi connectivity index (χ4v) is 3.95. The molecule has 2 aromatic carbocycles. The molecule has 0 bridgehead atoms. The number of nitrogens with one attached hydrogen (secondary N) is 2. The molecule has 2 aromatic rings. The fraction of sp³-hybridized carbons (Fsp3) is 0.409. The van der Waals surface area contributed by atoms with E-state index in [1.165, 1.54) is 11.1 Å². The van der Waals surface area contributed by atoms with Gasteiger partial charge in [-0.25, -0.2) is 0 Å². The summed E-state index contributed by atoms with van der Waals surface area (Å²) in [5.74, 6) is 1.47. The lowest BCUT2D eigenvalue weighted by atomic mass is 9.91. The van der Waals surface area contributed by atoms with Gasteiger partial charge in [-0.2, -0.15) is 0 Å². The molecule has 1 aliphatic carbocycles. The van der Waals surface area contributed by atoms with Crippen LogP contribution in [0.4, 0.5) is 5.69 Å². The quantitative estimate of drug-likeness (QED) is 0.845. The minimum Gasteiger partial charge on any atom is -0.497 e. The van der Waals surface area contributed by atoms with Crippen LogP contribution in [0.5, 0.6) is 11.5 Å². The van der Waals surface area contributed by atoms with Crippen molar-refractivity contribution in [3.63, 3.8) is 0 Å². The minimum absolute atomic E-state index is 0.0516. The number of amides is 1. The molecule has 1 saturated carbocycles. The molecule has 1 amide bonds. The zero-order chi connectivity index (χ0) is 19.0. The van der Waals surface area contributed by atoms with E-state index < -0.39 is 0 Å². The van der Waals surface area contributed by atoms with Crippen LogP contribution in [-0.2, 0) is 12.0 Å². The summed E-state index contributed by atoms with van der Waals surface area (Å²) < 4.78 is 10.8. The van der Waals surface area contributed by atoms with Crippen LogP contribution in [0, 0.1) is 6.92 Å². The lowest BCUT2D eigenvalue weighted by Gasteiger charge is -2.27. The predicted octanol–water partition coefficient (Wildman–Crippen LogP) is 3.79. The maximum absolute atomic E-state index is 13.1. The van der Waals surface area contributed by atoms with Crippen LogP contribution < -0.4 is 20.1 Å². The Balaban J connectivity index is 1.68. The standard InChI is InChI=1S/C22H26N2O3/c1-14-6-7-15(26-2)11-18(14)21(25)24-22(8-9-22)19-12-16(27-3)13-20-17(19)5-4-10-23-20/h6-7,11-13,23H,4-5,8-10H2,1-3H3,(H,24,25). The van der Waals surface area contributed by atoms with Gasteiger partial charge in [0, 0.05) is 23.9 Å². The molecule has 5 heteroatoms. The number of carbonyl (C=O) groups excluding carboxylic acids is 1. The lowest BCUT2D eigenvalue weighted by Crippen LogP contribution is -2.36. The first-order valence-electron chi connectivity index (χ1n) is 9.49. The topological polar surface area (TPSA) is 59.6 Å². The zero-order valence-corrected chi connectivity index (χ0v) is 16.1. The molecule has 5 nitrogen and oxygen atoms in total. The molecular formula is C22H26N2O3. The van der Waals surface area contributed by atoms with E-state index in [0.29, 0.717) is 11.3 Å². The fourth-order valence-electron chi connectivity index (χ4n) is 3.95. The summed E-state index contributed by atoms with van der Waals surface area (Å²) in [4.78, 5) is 13.1. The van der Waals surface area contributed by atoms with Crippen LogP contribution in [0.25, 0.3) is 0 Å². The molecule has 0 saturated heterocycles. The van der Waals surface area contributed by atoms with Crippen molar-refractivity contribution in [3.05, 3.63) is 52.6 Å². The molecule has 0 unspecified atom stereocenters. The molecule has 1 fully saturated rings. The van der Waals surface area contributed by atoms with Gasteiger partial charge in [0.05, 0.1) is 19.8 Å². The van der Waals surface area contributed by atoms with Gasteiger partial charge in [-0.15, -0.1) is 0 Å². The summed E-state index contributed by atoms with van der Waals surface area (Å²) in [6.45, 7) is 2.92. The highest BCUT2D eigenvalue weighted by Gasteiger charge is 2.48. The minimum atomic E-state index is -0.301. The first kappa shape index (κ1) is 17.7. The van der Waals surface area contributed by atoms with Gasteiger partial charge in [0.25, 0.3) is 5.91 Å². The number of hydrogen-bond acceptors (Lipinski definition) is 4. The zero-order valence-electron chi connectivity index (χ0n) is 16.1. The molecule has 1 aliphatic heterocycles. The monoisotopic (exact) mass is 366 g/mol. The highest BCUT2D eigenvalue weighted by atomic mass is 16.5. The molecule has 1 heterocycles. The van der Waals surface area contributed by atoms with Gasteiger partial charge in [-0.1, -0.05) is 6.07 Å². The van der Waals surface area contributed by atoms with Crippen molar-refractivity contribution >= 4 is 11.6 Å². The van der Waals surface area contributed by atoms with Gasteiger partial charge in [0.2, 0.25) is 0 Å². The van der Waals surface area contributed by atoms with E-state index in [2.05, 4.69) is 22.8 Å². The summed E-state index contributed by atoms with van der Waals surface area (Å²) in [6, 6.07) is 9.76. The van der Waals surface area contributed by atoms with Gasteiger partial charge < -0.3 is 20.1 Å². The van der Waals surface area contributed by atoms with Gasteiger partial charge in [-0.05, 0) is 67.5 Å². The van der Waals surface area contributed by atoms with E-state index in [1.54, 1.807) is 14.2 Å². The van der Waals surface area contributed by atoms with Gasteiger partial charge in [0.15, 0.2) is 0 Å². The highest BCUT2D eigenvalue weighted by molar-refractivity contribution is 5.97. The number of anilines is 1. The molecule has 0 spiro atoms.